The molecule has 0 saturated heterocycles. The Morgan fingerprint density at radius 2 is 2.14 bits per heavy atom. The average Bonchev–Trinajstić information content (AvgIpc) is 2.91. The number of halogens is 1. The van der Waals surface area contributed by atoms with Crippen LogP contribution >= 0.6 is 11.6 Å². The summed E-state index contributed by atoms with van der Waals surface area (Å²) in [6.07, 6.45) is 2.98. The third-order valence-corrected chi connectivity index (χ3v) is 3.48. The number of imidazole rings is 1. The van der Waals surface area contributed by atoms with Gasteiger partial charge in [-0.1, -0.05) is 23.7 Å². The molecule has 2 N–H and O–H groups in total. The molecule has 5 nitrogen and oxygen atoms in total. The van der Waals surface area contributed by atoms with Crippen LogP contribution in [0.2, 0.25) is 5.02 Å². The number of carbonyl (C=O) groups excluding carboxylic acids is 1. The number of carbonyl (C=O) groups is 1. The van der Waals surface area contributed by atoms with Crippen molar-refractivity contribution in [3.8, 4) is 0 Å². The zero-order valence-corrected chi connectivity index (χ0v) is 12.1. The minimum atomic E-state index is -0.255. The van der Waals surface area contributed by atoms with Crippen LogP contribution in [0.1, 0.15) is 29.1 Å². The molecule has 1 amide bonds. The van der Waals surface area contributed by atoms with E-state index in [9.17, 15) is 4.79 Å². The maximum atomic E-state index is 12.2. The van der Waals surface area contributed by atoms with Gasteiger partial charge in [0.25, 0.3) is 5.91 Å². The van der Waals surface area contributed by atoms with Crippen LogP contribution in [0.5, 0.6) is 0 Å². The minimum Gasteiger partial charge on any atom is -0.342 e. The van der Waals surface area contributed by atoms with Gasteiger partial charge in [-0.2, -0.15) is 0 Å². The van der Waals surface area contributed by atoms with Gasteiger partial charge in [0.05, 0.1) is 27.7 Å². The number of hydrogen-bond acceptors (Lipinski definition) is 3. The average molecular weight is 301 g/mol. The van der Waals surface area contributed by atoms with E-state index in [-0.39, 0.29) is 11.9 Å². The molecule has 0 radical (unpaired) electrons. The summed E-state index contributed by atoms with van der Waals surface area (Å²) in [5.41, 5.74) is 2.21. The van der Waals surface area contributed by atoms with Gasteiger partial charge in [-0.25, -0.2) is 4.98 Å². The molecular formula is C15H13ClN4O. The zero-order valence-electron chi connectivity index (χ0n) is 11.3. The van der Waals surface area contributed by atoms with E-state index in [4.69, 9.17) is 11.6 Å². The van der Waals surface area contributed by atoms with Crippen molar-refractivity contribution in [2.75, 3.05) is 0 Å². The van der Waals surface area contributed by atoms with E-state index in [1.807, 2.05) is 31.2 Å². The van der Waals surface area contributed by atoms with E-state index in [1.54, 1.807) is 6.07 Å². The lowest BCUT2D eigenvalue weighted by atomic mass is 10.2. The molecule has 0 fully saturated rings. The molecule has 2 aromatic heterocycles. The molecule has 3 rings (SSSR count). The number of fused-ring (bicyclic) bond motifs is 1. The summed E-state index contributed by atoms with van der Waals surface area (Å²) in [4.78, 5) is 23.7. The zero-order chi connectivity index (χ0) is 14.8. The van der Waals surface area contributed by atoms with Crippen molar-refractivity contribution < 1.29 is 4.79 Å². The Bertz CT molecular complexity index is 766. The van der Waals surface area contributed by atoms with Crippen LogP contribution in [0.25, 0.3) is 11.0 Å². The molecule has 2 heterocycles. The molecule has 3 aromatic rings. The van der Waals surface area contributed by atoms with Gasteiger partial charge in [-0.05, 0) is 25.1 Å². The number of rotatable bonds is 3. The smallest absolute Gasteiger partial charge is 0.253 e. The van der Waals surface area contributed by atoms with E-state index in [2.05, 4.69) is 20.3 Å². The summed E-state index contributed by atoms with van der Waals surface area (Å²) < 4.78 is 0. The van der Waals surface area contributed by atoms with Crippen LogP contribution < -0.4 is 5.32 Å². The van der Waals surface area contributed by atoms with E-state index < -0.39 is 0 Å². The van der Waals surface area contributed by atoms with Gasteiger partial charge in [-0.3, -0.25) is 9.78 Å². The molecule has 0 saturated carbocycles. The lowest BCUT2D eigenvalue weighted by Crippen LogP contribution is -2.27. The molecule has 6 heteroatoms. The van der Waals surface area contributed by atoms with Crippen LogP contribution in [0.4, 0.5) is 0 Å². The van der Waals surface area contributed by atoms with Crippen molar-refractivity contribution in [2.45, 2.75) is 13.0 Å². The summed E-state index contributed by atoms with van der Waals surface area (Å²) in [5, 5.41) is 3.20. The standard InChI is InChI=1S/C15H13ClN4O/c1-9(14-19-12-4-2-3-5-13(12)20-14)18-15(21)10-6-7-17-8-11(10)16/h2-9H,1H3,(H,18,21)(H,19,20). The molecule has 0 aliphatic rings. The largest absolute Gasteiger partial charge is 0.342 e. The second-order valence-corrected chi connectivity index (χ2v) is 5.10. The highest BCUT2D eigenvalue weighted by Crippen LogP contribution is 2.18. The number of H-pyrrole nitrogens is 1. The topological polar surface area (TPSA) is 70.7 Å². The summed E-state index contributed by atoms with van der Waals surface area (Å²) in [5.74, 6) is 0.449. The number of nitrogens with zero attached hydrogens (tertiary/aromatic N) is 2. The van der Waals surface area contributed by atoms with Crippen molar-refractivity contribution in [3.05, 3.63) is 59.1 Å². The Kier molecular flexibility index (Phi) is 3.58. The Balaban J connectivity index is 1.81. The van der Waals surface area contributed by atoms with Crippen molar-refractivity contribution in [2.24, 2.45) is 0 Å². The third-order valence-electron chi connectivity index (χ3n) is 3.18. The maximum Gasteiger partial charge on any atom is 0.253 e. The number of amides is 1. The molecule has 0 spiro atoms. The van der Waals surface area contributed by atoms with Crippen LogP contribution in [-0.4, -0.2) is 20.9 Å². The van der Waals surface area contributed by atoms with E-state index in [1.165, 1.54) is 12.4 Å². The number of benzene rings is 1. The van der Waals surface area contributed by atoms with Gasteiger partial charge in [0.15, 0.2) is 0 Å². The second kappa shape index (κ2) is 5.54. The molecule has 1 atom stereocenters. The first-order valence-corrected chi connectivity index (χ1v) is 6.88. The van der Waals surface area contributed by atoms with Crippen LogP contribution in [0, 0.1) is 0 Å². The molecule has 106 valence electrons. The Morgan fingerprint density at radius 1 is 1.33 bits per heavy atom. The summed E-state index contributed by atoms with van der Waals surface area (Å²) in [6.45, 7) is 1.87. The quantitative estimate of drug-likeness (QED) is 0.781. The highest BCUT2D eigenvalue weighted by Gasteiger charge is 2.16. The Morgan fingerprint density at radius 3 is 2.90 bits per heavy atom. The number of pyridine rings is 1. The van der Waals surface area contributed by atoms with E-state index in [0.29, 0.717) is 16.4 Å². The summed E-state index contributed by atoms with van der Waals surface area (Å²) >= 11 is 5.97. The normalized spacial score (nSPS) is 12.3. The van der Waals surface area contributed by atoms with Crippen LogP contribution in [0.3, 0.4) is 0 Å². The third kappa shape index (κ3) is 2.73. The molecule has 1 aromatic carbocycles. The summed E-state index contributed by atoms with van der Waals surface area (Å²) in [7, 11) is 0. The number of hydrogen-bond donors (Lipinski definition) is 2. The first kappa shape index (κ1) is 13.6. The molecule has 0 bridgehead atoms. The fourth-order valence-corrected chi connectivity index (χ4v) is 2.28. The lowest BCUT2D eigenvalue weighted by Gasteiger charge is -2.12. The SMILES string of the molecule is CC(NC(=O)c1ccncc1Cl)c1nc2ccccc2[nH]1. The Labute approximate surface area is 126 Å². The molecule has 1 unspecified atom stereocenters. The fourth-order valence-electron chi connectivity index (χ4n) is 2.08. The van der Waals surface area contributed by atoms with Gasteiger partial charge in [0, 0.05) is 12.4 Å². The number of nitrogens with one attached hydrogen (secondary N) is 2. The first-order chi connectivity index (χ1) is 10.1. The second-order valence-electron chi connectivity index (χ2n) is 4.69. The van der Waals surface area contributed by atoms with Gasteiger partial charge >= 0.3 is 0 Å². The van der Waals surface area contributed by atoms with E-state index in [0.717, 1.165) is 11.0 Å². The van der Waals surface area contributed by atoms with E-state index >= 15 is 0 Å². The monoisotopic (exact) mass is 300 g/mol. The highest BCUT2D eigenvalue weighted by atomic mass is 35.5. The number of para-hydroxylation sites is 2. The molecular weight excluding hydrogens is 288 g/mol. The maximum absolute atomic E-state index is 12.2. The van der Waals surface area contributed by atoms with Crippen LogP contribution in [0.15, 0.2) is 42.7 Å². The molecule has 0 aliphatic heterocycles. The molecule has 21 heavy (non-hydrogen) atoms. The predicted molar refractivity (Wildman–Crippen MR) is 81.2 cm³/mol. The van der Waals surface area contributed by atoms with Gasteiger partial charge in [0.2, 0.25) is 0 Å². The van der Waals surface area contributed by atoms with Gasteiger partial charge in [0.1, 0.15) is 5.82 Å². The van der Waals surface area contributed by atoms with Crippen LogP contribution in [-0.2, 0) is 0 Å². The lowest BCUT2D eigenvalue weighted by molar-refractivity contribution is 0.0938. The fraction of sp³-hybridized carbons (Fsp3) is 0.133. The van der Waals surface area contributed by atoms with Gasteiger partial charge < -0.3 is 10.3 Å². The van der Waals surface area contributed by atoms with Crippen molar-refractivity contribution in [1.29, 1.82) is 0 Å². The number of aromatic amines is 1. The highest BCUT2D eigenvalue weighted by molar-refractivity contribution is 6.33. The predicted octanol–water partition coefficient (Wildman–Crippen LogP) is 3.10. The Hall–Kier alpha value is -2.40. The molecule has 0 aliphatic carbocycles. The van der Waals surface area contributed by atoms with Crippen molar-refractivity contribution >= 4 is 28.5 Å². The van der Waals surface area contributed by atoms with Gasteiger partial charge in [-0.15, -0.1) is 0 Å². The van der Waals surface area contributed by atoms with Crippen molar-refractivity contribution in [3.63, 3.8) is 0 Å². The number of aromatic nitrogens is 3. The van der Waals surface area contributed by atoms with Crippen molar-refractivity contribution in [1.82, 2.24) is 20.3 Å². The first-order valence-electron chi connectivity index (χ1n) is 6.50. The summed E-state index contributed by atoms with van der Waals surface area (Å²) in [6, 6.07) is 9.05. The minimum absolute atomic E-state index is 0.254.